The number of Topliss-reactive ketones (excluding diaryl/α,β-unsaturated/α-hetero) is 1. The van der Waals surface area contributed by atoms with Crippen molar-refractivity contribution in [2.24, 2.45) is 29.6 Å². The van der Waals surface area contributed by atoms with Gasteiger partial charge in [-0.3, -0.25) is 4.79 Å². The third kappa shape index (κ3) is 1.81. The van der Waals surface area contributed by atoms with Crippen LogP contribution in [0.3, 0.4) is 0 Å². The van der Waals surface area contributed by atoms with Crippen molar-refractivity contribution >= 4 is 5.78 Å². The van der Waals surface area contributed by atoms with Gasteiger partial charge >= 0.3 is 0 Å². The topological polar surface area (TPSA) is 46.5 Å². The monoisotopic (exact) mass is 264 g/mol. The van der Waals surface area contributed by atoms with Crippen molar-refractivity contribution in [3.63, 3.8) is 0 Å². The van der Waals surface area contributed by atoms with E-state index in [4.69, 9.17) is 4.74 Å². The molecule has 0 spiro atoms. The van der Waals surface area contributed by atoms with E-state index in [1.165, 1.54) is 32.1 Å². The maximum Gasteiger partial charge on any atom is 0.175 e. The Morgan fingerprint density at radius 1 is 1.05 bits per heavy atom. The third-order valence-corrected chi connectivity index (χ3v) is 6.50. The van der Waals surface area contributed by atoms with Gasteiger partial charge in [0.2, 0.25) is 0 Å². The summed E-state index contributed by atoms with van der Waals surface area (Å²) < 4.78 is 5.85. The standard InChI is InChI=1S/C16H24O3/c17-11-5-7-15-13-6-4-10-2-1-3-12(10)14(13)9-19-16(15,18)8-11/h10,12-15,18H,1-9H2/t10-,12+,13-,14-,15+,16?/m0/s1. The van der Waals surface area contributed by atoms with E-state index in [2.05, 4.69) is 0 Å². The van der Waals surface area contributed by atoms with E-state index in [1.807, 2.05) is 0 Å². The molecule has 1 aliphatic heterocycles. The second-order valence-electron chi connectivity index (χ2n) is 7.28. The number of rotatable bonds is 0. The van der Waals surface area contributed by atoms with Crippen LogP contribution in [0.4, 0.5) is 0 Å². The molecule has 1 heterocycles. The Morgan fingerprint density at radius 2 is 1.95 bits per heavy atom. The maximum absolute atomic E-state index is 11.6. The highest BCUT2D eigenvalue weighted by Crippen LogP contribution is 2.56. The number of fused-ring (bicyclic) bond motifs is 5. The maximum atomic E-state index is 11.6. The van der Waals surface area contributed by atoms with Gasteiger partial charge in [-0.05, 0) is 49.4 Å². The number of hydrogen-bond donors (Lipinski definition) is 1. The van der Waals surface area contributed by atoms with Gasteiger partial charge in [-0.2, -0.15) is 0 Å². The summed E-state index contributed by atoms with van der Waals surface area (Å²) in [4.78, 5) is 11.6. The zero-order valence-electron chi connectivity index (χ0n) is 11.5. The van der Waals surface area contributed by atoms with Gasteiger partial charge in [0, 0.05) is 12.3 Å². The summed E-state index contributed by atoms with van der Waals surface area (Å²) in [6, 6.07) is 0. The number of carbonyl (C=O) groups is 1. The molecule has 1 saturated heterocycles. The van der Waals surface area contributed by atoms with Crippen molar-refractivity contribution in [1.29, 1.82) is 0 Å². The van der Waals surface area contributed by atoms with Crippen LogP contribution in [0.15, 0.2) is 0 Å². The predicted molar refractivity (Wildman–Crippen MR) is 70.3 cm³/mol. The van der Waals surface area contributed by atoms with E-state index in [1.54, 1.807) is 0 Å². The number of ether oxygens (including phenoxy) is 1. The first-order valence-electron chi connectivity index (χ1n) is 8.05. The molecule has 1 unspecified atom stereocenters. The summed E-state index contributed by atoms with van der Waals surface area (Å²) in [7, 11) is 0. The largest absolute Gasteiger partial charge is 0.365 e. The fraction of sp³-hybridized carbons (Fsp3) is 0.938. The number of ketones is 1. The van der Waals surface area contributed by atoms with E-state index < -0.39 is 5.79 Å². The molecule has 3 heteroatoms. The van der Waals surface area contributed by atoms with Crippen molar-refractivity contribution in [3.8, 4) is 0 Å². The lowest BCUT2D eigenvalue weighted by Gasteiger charge is -2.54. The first-order valence-corrected chi connectivity index (χ1v) is 8.05. The van der Waals surface area contributed by atoms with Crippen LogP contribution in [0.1, 0.15) is 51.4 Å². The van der Waals surface area contributed by atoms with Gasteiger partial charge in [-0.1, -0.05) is 12.8 Å². The first-order chi connectivity index (χ1) is 9.17. The molecule has 0 radical (unpaired) electrons. The van der Waals surface area contributed by atoms with Crippen LogP contribution in [0.25, 0.3) is 0 Å². The lowest BCUT2D eigenvalue weighted by atomic mass is 9.59. The Bertz CT molecular complexity index is 393. The van der Waals surface area contributed by atoms with Crippen LogP contribution in [-0.2, 0) is 9.53 Å². The van der Waals surface area contributed by atoms with Gasteiger partial charge in [0.15, 0.2) is 5.79 Å². The Balaban J connectivity index is 1.60. The van der Waals surface area contributed by atoms with Crippen LogP contribution in [0.2, 0.25) is 0 Å². The molecule has 19 heavy (non-hydrogen) atoms. The van der Waals surface area contributed by atoms with Crippen molar-refractivity contribution in [3.05, 3.63) is 0 Å². The molecule has 6 atom stereocenters. The van der Waals surface area contributed by atoms with Crippen LogP contribution < -0.4 is 0 Å². The molecule has 4 fully saturated rings. The fourth-order valence-electron chi connectivity index (χ4n) is 5.66. The molecule has 3 nitrogen and oxygen atoms in total. The first kappa shape index (κ1) is 12.3. The van der Waals surface area contributed by atoms with E-state index in [0.717, 1.165) is 18.3 Å². The lowest BCUT2D eigenvalue weighted by Crippen LogP contribution is -2.58. The summed E-state index contributed by atoms with van der Waals surface area (Å²) in [6.07, 6.45) is 8.45. The molecular formula is C16H24O3. The molecule has 0 amide bonds. The highest BCUT2D eigenvalue weighted by Gasteiger charge is 2.56. The smallest absolute Gasteiger partial charge is 0.175 e. The molecule has 1 N–H and O–H groups in total. The minimum Gasteiger partial charge on any atom is -0.365 e. The van der Waals surface area contributed by atoms with Gasteiger partial charge in [-0.25, -0.2) is 0 Å². The molecule has 0 aromatic heterocycles. The minimum atomic E-state index is -1.12. The van der Waals surface area contributed by atoms with Gasteiger partial charge < -0.3 is 9.84 Å². The summed E-state index contributed by atoms with van der Waals surface area (Å²) in [5.41, 5.74) is 0. The highest BCUT2D eigenvalue weighted by molar-refractivity contribution is 5.80. The molecule has 3 aliphatic carbocycles. The third-order valence-electron chi connectivity index (χ3n) is 6.50. The van der Waals surface area contributed by atoms with E-state index in [-0.39, 0.29) is 18.1 Å². The summed E-state index contributed by atoms with van der Waals surface area (Å²) in [5, 5.41) is 10.7. The average Bonchev–Trinajstić information content (AvgIpc) is 2.85. The Morgan fingerprint density at radius 3 is 2.84 bits per heavy atom. The summed E-state index contributed by atoms with van der Waals surface area (Å²) in [6.45, 7) is 0.687. The van der Waals surface area contributed by atoms with Gasteiger partial charge in [-0.15, -0.1) is 0 Å². The summed E-state index contributed by atoms with van der Waals surface area (Å²) >= 11 is 0. The van der Waals surface area contributed by atoms with Crippen molar-refractivity contribution in [1.82, 2.24) is 0 Å². The van der Waals surface area contributed by atoms with E-state index >= 15 is 0 Å². The Hall–Kier alpha value is -0.410. The molecular weight excluding hydrogens is 240 g/mol. The normalized spacial score (nSPS) is 53.3. The number of carbonyl (C=O) groups excluding carboxylic acids is 1. The lowest BCUT2D eigenvalue weighted by molar-refractivity contribution is -0.301. The van der Waals surface area contributed by atoms with Crippen molar-refractivity contribution in [2.75, 3.05) is 6.61 Å². The van der Waals surface area contributed by atoms with Crippen LogP contribution in [0, 0.1) is 29.6 Å². The van der Waals surface area contributed by atoms with E-state index in [9.17, 15) is 9.90 Å². The molecule has 3 saturated carbocycles. The Labute approximate surface area is 114 Å². The average molecular weight is 264 g/mol. The zero-order valence-corrected chi connectivity index (χ0v) is 11.5. The molecule has 0 aromatic carbocycles. The van der Waals surface area contributed by atoms with Gasteiger partial charge in [0.05, 0.1) is 13.0 Å². The quantitative estimate of drug-likeness (QED) is 0.731. The van der Waals surface area contributed by atoms with E-state index in [0.29, 0.717) is 24.9 Å². The Kier molecular flexibility index (Phi) is 2.79. The second-order valence-corrected chi connectivity index (χ2v) is 7.28. The van der Waals surface area contributed by atoms with Crippen LogP contribution in [0.5, 0.6) is 0 Å². The molecule has 0 aromatic rings. The van der Waals surface area contributed by atoms with Gasteiger partial charge in [0.25, 0.3) is 0 Å². The fourth-order valence-corrected chi connectivity index (χ4v) is 5.66. The number of aliphatic hydroxyl groups is 1. The number of hydrogen-bond acceptors (Lipinski definition) is 3. The van der Waals surface area contributed by atoms with Crippen molar-refractivity contribution in [2.45, 2.75) is 57.2 Å². The highest BCUT2D eigenvalue weighted by atomic mass is 16.6. The molecule has 106 valence electrons. The zero-order chi connectivity index (χ0) is 13.0. The molecule has 4 rings (SSSR count). The molecule has 4 aliphatic rings. The second kappa shape index (κ2) is 4.29. The van der Waals surface area contributed by atoms with Crippen LogP contribution >= 0.6 is 0 Å². The van der Waals surface area contributed by atoms with Crippen molar-refractivity contribution < 1.29 is 14.6 Å². The minimum absolute atomic E-state index is 0.173. The summed E-state index contributed by atoms with van der Waals surface area (Å²) in [5.74, 6) is 2.27. The predicted octanol–water partition coefficient (Wildman–Crippen LogP) is 2.52. The molecule has 0 bridgehead atoms. The van der Waals surface area contributed by atoms with Crippen LogP contribution in [-0.4, -0.2) is 23.3 Å². The van der Waals surface area contributed by atoms with Gasteiger partial charge in [0.1, 0.15) is 5.78 Å². The SMILES string of the molecule is O=C1CC[C@@H]2[C@H]3CC[C@@H]4CCC[C@H]4[C@@H]3COC2(O)C1.